The van der Waals surface area contributed by atoms with Crippen LogP contribution in [0.25, 0.3) is 11.0 Å². The first kappa shape index (κ1) is 21.6. The largest absolute Gasteiger partial charge is 0.505 e. The maximum atomic E-state index is 13.2. The van der Waals surface area contributed by atoms with Crippen molar-refractivity contribution in [1.82, 2.24) is 14.5 Å². The summed E-state index contributed by atoms with van der Waals surface area (Å²) in [6, 6.07) is 9.25. The standard InChI is InChI=1S/C24H29N3O3/c1-6-27(7-2)24(30)19-14-20-22(25-16(4)26(20)5)23(29)18(19)12-13-21(28)17-11-9-8-10-15(17)3/h8-11,14,29H,6-7,12-13H2,1-5H3. The SMILES string of the molecule is CCN(CC)C(=O)c1cc2c(nc(C)n2C)c(O)c1CCC(=O)c1ccccc1C. The van der Waals surface area contributed by atoms with Crippen LogP contribution >= 0.6 is 0 Å². The summed E-state index contributed by atoms with van der Waals surface area (Å²) in [4.78, 5) is 32.2. The van der Waals surface area contributed by atoms with E-state index in [4.69, 9.17) is 0 Å². The zero-order valence-electron chi connectivity index (χ0n) is 18.3. The Morgan fingerprint density at radius 3 is 2.40 bits per heavy atom. The zero-order valence-corrected chi connectivity index (χ0v) is 18.3. The number of fused-ring (bicyclic) bond motifs is 1. The van der Waals surface area contributed by atoms with Gasteiger partial charge in [0.1, 0.15) is 17.1 Å². The molecule has 2 aromatic carbocycles. The van der Waals surface area contributed by atoms with Crippen molar-refractivity contribution in [2.45, 2.75) is 40.5 Å². The second kappa shape index (κ2) is 8.69. The molecule has 6 heteroatoms. The molecular weight excluding hydrogens is 378 g/mol. The third-order valence-electron chi connectivity index (χ3n) is 5.81. The lowest BCUT2D eigenvalue weighted by atomic mass is 9.95. The molecule has 0 spiro atoms. The van der Waals surface area contributed by atoms with Crippen LogP contribution in [0.3, 0.4) is 0 Å². The summed E-state index contributed by atoms with van der Waals surface area (Å²) in [5.74, 6) is 0.583. The molecule has 0 bridgehead atoms. The van der Waals surface area contributed by atoms with Gasteiger partial charge in [-0.15, -0.1) is 0 Å². The minimum Gasteiger partial charge on any atom is -0.505 e. The first-order chi connectivity index (χ1) is 14.3. The number of benzene rings is 2. The number of aromatic hydroxyl groups is 1. The molecule has 3 aromatic rings. The van der Waals surface area contributed by atoms with Gasteiger partial charge in [-0.2, -0.15) is 0 Å². The average molecular weight is 408 g/mol. The van der Waals surface area contributed by atoms with Gasteiger partial charge >= 0.3 is 0 Å². The summed E-state index contributed by atoms with van der Waals surface area (Å²) in [7, 11) is 1.86. The maximum absolute atomic E-state index is 13.2. The van der Waals surface area contributed by atoms with Gasteiger partial charge in [0, 0.05) is 43.2 Å². The number of nitrogens with zero attached hydrogens (tertiary/aromatic N) is 3. The molecule has 0 unspecified atom stereocenters. The first-order valence-electron chi connectivity index (χ1n) is 10.4. The second-order valence-electron chi connectivity index (χ2n) is 7.55. The van der Waals surface area contributed by atoms with Crippen LogP contribution < -0.4 is 0 Å². The smallest absolute Gasteiger partial charge is 0.254 e. The Morgan fingerprint density at radius 2 is 1.77 bits per heavy atom. The van der Waals surface area contributed by atoms with Crippen molar-refractivity contribution in [3.63, 3.8) is 0 Å². The van der Waals surface area contributed by atoms with Crippen LogP contribution in [-0.2, 0) is 13.5 Å². The highest BCUT2D eigenvalue weighted by molar-refractivity contribution is 6.02. The average Bonchev–Trinajstić information content (AvgIpc) is 3.02. The third-order valence-corrected chi connectivity index (χ3v) is 5.81. The van der Waals surface area contributed by atoms with E-state index < -0.39 is 0 Å². The lowest BCUT2D eigenvalue weighted by Crippen LogP contribution is -2.31. The lowest BCUT2D eigenvalue weighted by Gasteiger charge is -2.21. The molecule has 0 atom stereocenters. The number of carbonyl (C=O) groups is 2. The monoisotopic (exact) mass is 407 g/mol. The van der Waals surface area contributed by atoms with Gasteiger partial charge in [-0.1, -0.05) is 24.3 Å². The van der Waals surface area contributed by atoms with Crippen LogP contribution in [0.4, 0.5) is 0 Å². The van der Waals surface area contributed by atoms with Crippen molar-refractivity contribution in [3.8, 4) is 5.75 Å². The van der Waals surface area contributed by atoms with Gasteiger partial charge in [-0.05, 0) is 45.7 Å². The van der Waals surface area contributed by atoms with Crippen molar-refractivity contribution in [3.05, 3.63) is 58.4 Å². The van der Waals surface area contributed by atoms with Gasteiger partial charge in [0.25, 0.3) is 5.91 Å². The molecule has 0 fully saturated rings. The van der Waals surface area contributed by atoms with E-state index in [9.17, 15) is 14.7 Å². The highest BCUT2D eigenvalue weighted by atomic mass is 16.3. The number of ketones is 1. The Hall–Kier alpha value is -3.15. The second-order valence-corrected chi connectivity index (χ2v) is 7.55. The van der Waals surface area contributed by atoms with E-state index in [1.165, 1.54) is 0 Å². The molecule has 30 heavy (non-hydrogen) atoms. The van der Waals surface area contributed by atoms with Gasteiger partial charge in [-0.25, -0.2) is 4.98 Å². The van der Waals surface area contributed by atoms with Gasteiger partial charge in [0.2, 0.25) is 0 Å². The Labute approximate surface area is 177 Å². The summed E-state index contributed by atoms with van der Waals surface area (Å²) in [6.45, 7) is 8.75. The fourth-order valence-electron chi connectivity index (χ4n) is 3.85. The van der Waals surface area contributed by atoms with E-state index in [-0.39, 0.29) is 30.3 Å². The molecule has 0 saturated carbocycles. The topological polar surface area (TPSA) is 75.4 Å². The van der Waals surface area contributed by atoms with Crippen LogP contribution in [0, 0.1) is 13.8 Å². The molecule has 6 nitrogen and oxygen atoms in total. The number of carbonyl (C=O) groups excluding carboxylic acids is 2. The number of amides is 1. The Bertz CT molecular complexity index is 1110. The Balaban J connectivity index is 2.06. The summed E-state index contributed by atoms with van der Waals surface area (Å²) in [5, 5.41) is 11.0. The number of phenols is 1. The highest BCUT2D eigenvalue weighted by Crippen LogP contribution is 2.33. The summed E-state index contributed by atoms with van der Waals surface area (Å²) in [5.41, 5.74) is 3.67. The van der Waals surface area contributed by atoms with Crippen LogP contribution in [0.5, 0.6) is 5.75 Å². The lowest BCUT2D eigenvalue weighted by molar-refractivity contribution is 0.0770. The fourth-order valence-corrected chi connectivity index (χ4v) is 3.85. The van der Waals surface area contributed by atoms with E-state index in [1.54, 1.807) is 11.0 Å². The zero-order chi connectivity index (χ0) is 22.0. The van der Waals surface area contributed by atoms with Crippen LogP contribution in [0.15, 0.2) is 30.3 Å². The number of hydrogen-bond acceptors (Lipinski definition) is 4. The van der Waals surface area contributed by atoms with Gasteiger partial charge < -0.3 is 14.6 Å². The summed E-state index contributed by atoms with van der Waals surface area (Å²) >= 11 is 0. The van der Waals surface area contributed by atoms with Crippen LogP contribution in [-0.4, -0.2) is 44.3 Å². The number of hydrogen-bond donors (Lipinski definition) is 1. The molecule has 0 aliphatic heterocycles. The van der Waals surface area contributed by atoms with Gasteiger partial charge in [-0.3, -0.25) is 9.59 Å². The predicted octanol–water partition coefficient (Wildman–Crippen LogP) is 4.19. The van der Waals surface area contributed by atoms with Crippen molar-refractivity contribution in [2.75, 3.05) is 13.1 Å². The predicted molar refractivity (Wildman–Crippen MR) is 118 cm³/mol. The number of Topliss-reactive ketones (excluding diaryl/α,β-unsaturated/α-hetero) is 1. The molecule has 0 saturated heterocycles. The quantitative estimate of drug-likeness (QED) is 0.596. The van der Waals surface area contributed by atoms with Crippen molar-refractivity contribution in [2.24, 2.45) is 7.05 Å². The van der Waals surface area contributed by atoms with Crippen molar-refractivity contribution in [1.29, 1.82) is 0 Å². The molecule has 0 aliphatic carbocycles. The minimum atomic E-state index is -0.144. The number of imidazole rings is 1. The molecule has 1 N–H and O–H groups in total. The van der Waals surface area contributed by atoms with Crippen molar-refractivity contribution < 1.29 is 14.7 Å². The summed E-state index contributed by atoms with van der Waals surface area (Å²) < 4.78 is 1.86. The molecule has 158 valence electrons. The van der Waals surface area contributed by atoms with Crippen LogP contribution in [0.1, 0.15) is 57.9 Å². The number of aryl methyl sites for hydroxylation is 3. The molecule has 3 rings (SSSR count). The van der Waals surface area contributed by atoms with Crippen molar-refractivity contribution >= 4 is 22.7 Å². The molecule has 0 radical (unpaired) electrons. The van der Waals surface area contributed by atoms with E-state index >= 15 is 0 Å². The number of phenolic OH excluding ortho intramolecular Hbond substituents is 1. The maximum Gasteiger partial charge on any atom is 0.254 e. The van der Waals surface area contributed by atoms with E-state index in [0.717, 1.165) is 11.4 Å². The molecule has 0 aliphatic rings. The first-order valence-corrected chi connectivity index (χ1v) is 10.4. The highest BCUT2D eigenvalue weighted by Gasteiger charge is 2.24. The fraction of sp³-hybridized carbons (Fsp3) is 0.375. The summed E-state index contributed by atoms with van der Waals surface area (Å²) in [6.07, 6.45) is 0.473. The molecule has 1 heterocycles. The van der Waals surface area contributed by atoms with Gasteiger partial charge in [0.05, 0.1) is 5.52 Å². The third kappa shape index (κ3) is 3.82. The van der Waals surface area contributed by atoms with E-state index in [2.05, 4.69) is 4.98 Å². The van der Waals surface area contributed by atoms with Gasteiger partial charge in [0.15, 0.2) is 5.78 Å². The number of aromatic nitrogens is 2. The molecule has 1 amide bonds. The van der Waals surface area contributed by atoms with E-state index in [1.807, 2.05) is 63.6 Å². The molecule has 1 aromatic heterocycles. The number of rotatable bonds is 7. The van der Waals surface area contributed by atoms with E-state index in [0.29, 0.717) is 40.8 Å². The Kier molecular flexibility index (Phi) is 6.25. The normalized spacial score (nSPS) is 11.1. The molecular formula is C24H29N3O3. The van der Waals surface area contributed by atoms with Crippen LogP contribution in [0.2, 0.25) is 0 Å². The minimum absolute atomic E-state index is 0.00830. The Morgan fingerprint density at radius 1 is 1.10 bits per heavy atom.